The van der Waals surface area contributed by atoms with E-state index in [0.717, 1.165) is 20.7 Å². The van der Waals surface area contributed by atoms with Gasteiger partial charge in [0.25, 0.3) is 0 Å². The van der Waals surface area contributed by atoms with E-state index >= 15 is 0 Å². The number of hydrogen-bond acceptors (Lipinski definition) is 4. The second-order valence-electron chi connectivity index (χ2n) is 3.28. The molecule has 0 N–H and O–H groups in total. The Bertz CT molecular complexity index is 393. The summed E-state index contributed by atoms with van der Waals surface area (Å²) in [6, 6.07) is 5.83. The van der Waals surface area contributed by atoms with Crippen molar-refractivity contribution in [2.24, 2.45) is 0 Å². The van der Waals surface area contributed by atoms with Crippen molar-refractivity contribution >= 4 is 28.3 Å². The zero-order chi connectivity index (χ0) is 10.8. The van der Waals surface area contributed by atoms with Crippen molar-refractivity contribution in [1.29, 1.82) is 0 Å². The summed E-state index contributed by atoms with van der Waals surface area (Å²) in [7, 11) is 3.87. The van der Waals surface area contributed by atoms with Gasteiger partial charge in [0.1, 0.15) is 4.32 Å². The average Bonchev–Trinajstić information content (AvgIpc) is 2.64. The molecule has 0 radical (unpaired) electrons. The van der Waals surface area contributed by atoms with Crippen LogP contribution in [0.1, 0.15) is 0 Å². The van der Waals surface area contributed by atoms with Gasteiger partial charge in [0.15, 0.2) is 11.5 Å². The van der Waals surface area contributed by atoms with Gasteiger partial charge in [0, 0.05) is 19.0 Å². The fourth-order valence-electron chi connectivity index (χ4n) is 1.13. The highest BCUT2D eigenvalue weighted by atomic mass is 32.2. The largest absolute Gasteiger partial charge is 0.454 e. The van der Waals surface area contributed by atoms with Crippen LogP contribution in [-0.4, -0.2) is 30.1 Å². The number of hydrogen-bond donors (Lipinski definition) is 0. The molecule has 0 atom stereocenters. The van der Waals surface area contributed by atoms with Gasteiger partial charge in [0.2, 0.25) is 6.79 Å². The Hall–Kier alpha value is -0.940. The maximum Gasteiger partial charge on any atom is 0.231 e. The molecule has 3 nitrogen and oxygen atoms in total. The van der Waals surface area contributed by atoms with Gasteiger partial charge in [-0.2, -0.15) is 0 Å². The van der Waals surface area contributed by atoms with Crippen molar-refractivity contribution in [3.63, 3.8) is 0 Å². The molecule has 2 rings (SSSR count). The second-order valence-corrected chi connectivity index (χ2v) is 4.98. The van der Waals surface area contributed by atoms with Crippen molar-refractivity contribution in [3.05, 3.63) is 18.2 Å². The van der Waals surface area contributed by atoms with Crippen molar-refractivity contribution < 1.29 is 9.47 Å². The SMILES string of the molecule is CN(C)C(=S)Sc1ccc2c(c1)OCO2. The Morgan fingerprint density at radius 3 is 2.80 bits per heavy atom. The lowest BCUT2D eigenvalue weighted by Crippen LogP contribution is -2.15. The maximum atomic E-state index is 5.29. The van der Waals surface area contributed by atoms with Gasteiger partial charge in [-0.05, 0) is 18.2 Å². The van der Waals surface area contributed by atoms with Gasteiger partial charge in [-0.3, -0.25) is 0 Å². The average molecular weight is 241 g/mol. The van der Waals surface area contributed by atoms with Crippen LogP contribution in [0.4, 0.5) is 0 Å². The molecule has 0 saturated heterocycles. The molecule has 0 bridgehead atoms. The molecule has 0 aromatic heterocycles. The standard InChI is InChI=1S/C10H11NO2S2/c1-11(2)10(14)15-7-3-4-8-9(5-7)13-6-12-8/h3-5H,6H2,1-2H3. The fourth-order valence-corrected chi connectivity index (χ4v) is 2.11. The van der Waals surface area contributed by atoms with E-state index in [0.29, 0.717) is 6.79 Å². The molecule has 0 spiro atoms. The van der Waals surface area contributed by atoms with Crippen LogP contribution >= 0.6 is 24.0 Å². The Kier molecular flexibility index (Phi) is 3.02. The maximum absolute atomic E-state index is 5.29. The predicted molar refractivity (Wildman–Crippen MR) is 64.7 cm³/mol. The van der Waals surface area contributed by atoms with Crippen molar-refractivity contribution in [1.82, 2.24) is 4.90 Å². The predicted octanol–water partition coefficient (Wildman–Crippen LogP) is 2.35. The second kappa shape index (κ2) is 4.28. The van der Waals surface area contributed by atoms with E-state index in [-0.39, 0.29) is 0 Å². The van der Waals surface area contributed by atoms with Crippen LogP contribution in [0.25, 0.3) is 0 Å². The van der Waals surface area contributed by atoms with Crippen LogP contribution in [0.15, 0.2) is 23.1 Å². The third kappa shape index (κ3) is 2.35. The molecule has 1 aliphatic heterocycles. The fraction of sp³-hybridized carbons (Fsp3) is 0.300. The smallest absolute Gasteiger partial charge is 0.231 e. The van der Waals surface area contributed by atoms with Crippen LogP contribution in [0.3, 0.4) is 0 Å². The highest BCUT2D eigenvalue weighted by Crippen LogP contribution is 2.35. The van der Waals surface area contributed by atoms with E-state index in [1.54, 1.807) is 0 Å². The number of fused-ring (bicyclic) bond motifs is 1. The molecule has 5 heteroatoms. The molecule has 0 amide bonds. The lowest BCUT2D eigenvalue weighted by atomic mass is 10.3. The van der Waals surface area contributed by atoms with Gasteiger partial charge in [-0.1, -0.05) is 24.0 Å². The molecular weight excluding hydrogens is 230 g/mol. The van der Waals surface area contributed by atoms with Gasteiger partial charge in [-0.15, -0.1) is 0 Å². The van der Waals surface area contributed by atoms with Crippen LogP contribution in [0, 0.1) is 0 Å². The molecule has 15 heavy (non-hydrogen) atoms. The quantitative estimate of drug-likeness (QED) is 0.554. The number of rotatable bonds is 1. The van der Waals surface area contributed by atoms with Crippen molar-refractivity contribution in [3.8, 4) is 11.5 Å². The minimum absolute atomic E-state index is 0.307. The van der Waals surface area contributed by atoms with Crippen LogP contribution in [-0.2, 0) is 0 Å². The molecule has 0 aliphatic carbocycles. The molecule has 0 saturated carbocycles. The minimum atomic E-state index is 0.307. The highest BCUT2D eigenvalue weighted by Gasteiger charge is 2.14. The minimum Gasteiger partial charge on any atom is -0.454 e. The van der Waals surface area contributed by atoms with E-state index in [1.807, 2.05) is 37.2 Å². The lowest BCUT2D eigenvalue weighted by molar-refractivity contribution is 0.174. The van der Waals surface area contributed by atoms with E-state index in [9.17, 15) is 0 Å². The van der Waals surface area contributed by atoms with Crippen molar-refractivity contribution in [2.45, 2.75) is 4.90 Å². The Morgan fingerprint density at radius 2 is 2.07 bits per heavy atom. The molecule has 1 aliphatic rings. The van der Waals surface area contributed by atoms with Gasteiger partial charge in [-0.25, -0.2) is 0 Å². The van der Waals surface area contributed by atoms with Crippen LogP contribution < -0.4 is 9.47 Å². The van der Waals surface area contributed by atoms with Crippen LogP contribution in [0.5, 0.6) is 11.5 Å². The number of thiocarbonyl (C=S) groups is 1. The summed E-state index contributed by atoms with van der Waals surface area (Å²) in [4.78, 5) is 2.97. The molecule has 80 valence electrons. The lowest BCUT2D eigenvalue weighted by Gasteiger charge is -2.12. The first-order chi connectivity index (χ1) is 7.16. The zero-order valence-corrected chi connectivity index (χ0v) is 10.2. The van der Waals surface area contributed by atoms with Gasteiger partial charge < -0.3 is 14.4 Å². The summed E-state index contributed by atoms with van der Waals surface area (Å²) >= 11 is 6.74. The van der Waals surface area contributed by atoms with E-state index < -0.39 is 0 Å². The molecule has 1 heterocycles. The number of ether oxygens (including phenoxy) is 2. The van der Waals surface area contributed by atoms with E-state index in [4.69, 9.17) is 21.7 Å². The molecule has 0 fully saturated rings. The molecule has 1 aromatic carbocycles. The number of nitrogens with zero attached hydrogens (tertiary/aromatic N) is 1. The van der Waals surface area contributed by atoms with E-state index in [2.05, 4.69) is 0 Å². The number of benzene rings is 1. The first kappa shape index (κ1) is 10.6. The molecule has 0 unspecified atom stereocenters. The Morgan fingerprint density at radius 1 is 1.33 bits per heavy atom. The third-order valence-electron chi connectivity index (χ3n) is 1.91. The Balaban J connectivity index is 2.13. The van der Waals surface area contributed by atoms with Gasteiger partial charge >= 0.3 is 0 Å². The monoisotopic (exact) mass is 241 g/mol. The summed E-state index contributed by atoms with van der Waals surface area (Å²) in [5.41, 5.74) is 0. The van der Waals surface area contributed by atoms with Gasteiger partial charge in [0.05, 0.1) is 0 Å². The van der Waals surface area contributed by atoms with Crippen LogP contribution in [0.2, 0.25) is 0 Å². The first-order valence-electron chi connectivity index (χ1n) is 4.45. The molecule has 1 aromatic rings. The summed E-state index contributed by atoms with van der Waals surface area (Å²) in [5, 5.41) is 0. The van der Waals surface area contributed by atoms with Crippen molar-refractivity contribution in [2.75, 3.05) is 20.9 Å². The number of thioether (sulfide) groups is 1. The molecular formula is C10H11NO2S2. The summed E-state index contributed by atoms with van der Waals surface area (Å²) in [6.07, 6.45) is 0. The van der Waals surface area contributed by atoms with E-state index in [1.165, 1.54) is 11.8 Å². The highest BCUT2D eigenvalue weighted by molar-refractivity contribution is 8.22. The zero-order valence-electron chi connectivity index (χ0n) is 8.52. The summed E-state index contributed by atoms with van der Waals surface area (Å²) in [6.45, 7) is 0.307. The normalized spacial score (nSPS) is 12.7. The topological polar surface area (TPSA) is 21.7 Å². The first-order valence-corrected chi connectivity index (χ1v) is 5.68. The third-order valence-corrected chi connectivity index (χ3v) is 3.56. The summed E-state index contributed by atoms with van der Waals surface area (Å²) in [5.74, 6) is 1.59. The Labute approximate surface area is 98.4 Å². The summed E-state index contributed by atoms with van der Waals surface area (Å²) < 4.78 is 11.3.